The van der Waals surface area contributed by atoms with Crippen molar-refractivity contribution in [1.29, 1.82) is 0 Å². The molecule has 0 aliphatic carbocycles. The molecule has 0 fully saturated rings. The fourth-order valence-electron chi connectivity index (χ4n) is 2.78. The van der Waals surface area contributed by atoms with Gasteiger partial charge in [0.25, 0.3) is 11.8 Å². The van der Waals surface area contributed by atoms with Crippen LogP contribution in [-0.2, 0) is 20.9 Å². The van der Waals surface area contributed by atoms with Crippen molar-refractivity contribution in [2.75, 3.05) is 13.7 Å². The predicted molar refractivity (Wildman–Crippen MR) is 106 cm³/mol. The predicted octanol–water partition coefficient (Wildman–Crippen LogP) is 2.27. The molecule has 0 radical (unpaired) electrons. The third-order valence-corrected chi connectivity index (χ3v) is 4.24. The van der Waals surface area contributed by atoms with Crippen LogP contribution in [-0.4, -0.2) is 46.2 Å². The Balaban J connectivity index is 1.76. The number of ether oxygens (including phenoxy) is 1. The van der Waals surface area contributed by atoms with E-state index in [4.69, 9.17) is 0 Å². The maximum atomic E-state index is 12.0. The standard InChI is InChI=1S/C20H18N4O6/c1-30-17(27)11-24-14-8-4-2-6-12(14)18(20(24)29)23-22-16(26)10-21-19(28)13-7-3-5-9-15(13)25/h2-9,25,29H,10-11H2,1H3,(H,21,28). The van der Waals surface area contributed by atoms with Crippen molar-refractivity contribution >= 4 is 34.4 Å². The highest BCUT2D eigenvalue weighted by atomic mass is 16.5. The molecule has 0 saturated heterocycles. The van der Waals surface area contributed by atoms with Crippen LogP contribution >= 0.6 is 0 Å². The van der Waals surface area contributed by atoms with Crippen LogP contribution in [0.25, 0.3) is 10.9 Å². The minimum absolute atomic E-state index is 0.00915. The minimum atomic E-state index is -0.775. The summed E-state index contributed by atoms with van der Waals surface area (Å²) >= 11 is 0. The summed E-state index contributed by atoms with van der Waals surface area (Å²) in [4.78, 5) is 35.7. The molecule has 3 rings (SSSR count). The number of para-hydroxylation sites is 2. The summed E-state index contributed by atoms with van der Waals surface area (Å²) in [6, 6.07) is 12.6. The summed E-state index contributed by atoms with van der Waals surface area (Å²) in [5, 5.41) is 30.3. The van der Waals surface area contributed by atoms with E-state index in [2.05, 4.69) is 20.3 Å². The molecule has 0 saturated carbocycles. The molecule has 0 spiro atoms. The number of rotatable bonds is 6. The number of phenolic OH excluding ortho intramolecular Hbond substituents is 1. The number of phenols is 1. The number of fused-ring (bicyclic) bond motifs is 1. The topological polar surface area (TPSA) is 143 Å². The van der Waals surface area contributed by atoms with Gasteiger partial charge in [0, 0.05) is 5.39 Å². The molecule has 154 valence electrons. The zero-order valence-corrected chi connectivity index (χ0v) is 15.9. The quantitative estimate of drug-likeness (QED) is 0.420. The number of methoxy groups -OCH3 is 1. The Labute approximate surface area is 170 Å². The van der Waals surface area contributed by atoms with E-state index in [0.717, 1.165) is 0 Å². The van der Waals surface area contributed by atoms with E-state index >= 15 is 0 Å². The Bertz CT molecular complexity index is 1150. The summed E-state index contributed by atoms with van der Waals surface area (Å²) in [6.45, 7) is -0.707. The Kier molecular flexibility index (Phi) is 6.06. The Hall–Kier alpha value is -4.21. The Morgan fingerprint density at radius 1 is 1.07 bits per heavy atom. The van der Waals surface area contributed by atoms with Crippen LogP contribution in [0.15, 0.2) is 58.8 Å². The number of carbonyl (C=O) groups excluding carboxylic acids is 3. The van der Waals surface area contributed by atoms with Gasteiger partial charge in [0.1, 0.15) is 18.8 Å². The molecular formula is C20H18N4O6. The Morgan fingerprint density at radius 2 is 1.77 bits per heavy atom. The van der Waals surface area contributed by atoms with Crippen LogP contribution in [0.4, 0.5) is 5.69 Å². The number of carbonyl (C=O) groups is 3. The fraction of sp³-hybridized carbons (Fsp3) is 0.150. The molecule has 1 heterocycles. The number of amides is 2. The van der Waals surface area contributed by atoms with Crippen LogP contribution in [0, 0.1) is 0 Å². The second-order valence-corrected chi connectivity index (χ2v) is 6.15. The van der Waals surface area contributed by atoms with Gasteiger partial charge in [-0.3, -0.25) is 19.0 Å². The van der Waals surface area contributed by atoms with Gasteiger partial charge in [-0.25, -0.2) is 0 Å². The first-order valence-electron chi connectivity index (χ1n) is 8.80. The number of aromatic nitrogens is 1. The number of nitrogens with one attached hydrogen (secondary N) is 1. The van der Waals surface area contributed by atoms with E-state index in [1.54, 1.807) is 36.4 Å². The van der Waals surface area contributed by atoms with Crippen molar-refractivity contribution in [3.05, 3.63) is 54.1 Å². The van der Waals surface area contributed by atoms with E-state index in [-0.39, 0.29) is 29.4 Å². The molecule has 2 amide bonds. The molecule has 0 aliphatic rings. The van der Waals surface area contributed by atoms with Gasteiger partial charge < -0.3 is 20.3 Å². The van der Waals surface area contributed by atoms with Crippen molar-refractivity contribution in [2.24, 2.45) is 10.2 Å². The molecular weight excluding hydrogens is 392 g/mol. The largest absolute Gasteiger partial charge is 0.507 e. The third-order valence-electron chi connectivity index (χ3n) is 4.24. The molecule has 10 nitrogen and oxygen atoms in total. The number of hydrogen-bond donors (Lipinski definition) is 3. The smallest absolute Gasteiger partial charge is 0.325 e. The molecule has 0 aliphatic heterocycles. The average molecular weight is 410 g/mol. The first-order valence-corrected chi connectivity index (χ1v) is 8.80. The van der Waals surface area contributed by atoms with Gasteiger partial charge in [-0.05, 0) is 18.2 Å². The first-order chi connectivity index (χ1) is 14.4. The van der Waals surface area contributed by atoms with Crippen LogP contribution in [0.3, 0.4) is 0 Å². The summed E-state index contributed by atoms with van der Waals surface area (Å²) in [6.07, 6.45) is 0. The average Bonchev–Trinajstić information content (AvgIpc) is 3.01. The van der Waals surface area contributed by atoms with Gasteiger partial charge in [0.15, 0.2) is 5.69 Å². The maximum absolute atomic E-state index is 12.0. The lowest BCUT2D eigenvalue weighted by Crippen LogP contribution is -2.28. The lowest BCUT2D eigenvalue weighted by atomic mass is 10.2. The minimum Gasteiger partial charge on any atom is -0.507 e. The molecule has 3 aromatic rings. The number of nitrogens with zero attached hydrogens (tertiary/aromatic N) is 3. The summed E-state index contributed by atoms with van der Waals surface area (Å²) in [5.74, 6) is -2.56. The lowest BCUT2D eigenvalue weighted by Gasteiger charge is -2.04. The summed E-state index contributed by atoms with van der Waals surface area (Å²) < 4.78 is 5.92. The van der Waals surface area contributed by atoms with E-state index in [0.29, 0.717) is 10.9 Å². The van der Waals surface area contributed by atoms with Crippen molar-refractivity contribution in [1.82, 2.24) is 9.88 Å². The summed E-state index contributed by atoms with van der Waals surface area (Å²) in [5.41, 5.74) is 0.537. The van der Waals surface area contributed by atoms with E-state index in [1.807, 2.05) is 0 Å². The van der Waals surface area contributed by atoms with Gasteiger partial charge in [0.2, 0.25) is 5.88 Å². The maximum Gasteiger partial charge on any atom is 0.325 e. The van der Waals surface area contributed by atoms with Gasteiger partial charge in [-0.2, -0.15) is 0 Å². The van der Waals surface area contributed by atoms with E-state index < -0.39 is 24.3 Å². The lowest BCUT2D eigenvalue weighted by molar-refractivity contribution is -0.141. The second kappa shape index (κ2) is 8.86. The highest BCUT2D eigenvalue weighted by Gasteiger charge is 2.19. The molecule has 2 aromatic carbocycles. The second-order valence-electron chi connectivity index (χ2n) is 6.15. The molecule has 0 unspecified atom stereocenters. The van der Waals surface area contributed by atoms with E-state index in [9.17, 15) is 24.6 Å². The normalized spacial score (nSPS) is 11.0. The Morgan fingerprint density at radius 3 is 2.50 bits per heavy atom. The van der Waals surface area contributed by atoms with Crippen LogP contribution < -0.4 is 5.32 Å². The van der Waals surface area contributed by atoms with Gasteiger partial charge in [0.05, 0.1) is 18.2 Å². The van der Waals surface area contributed by atoms with Gasteiger partial charge in [-0.15, -0.1) is 10.2 Å². The van der Waals surface area contributed by atoms with Gasteiger partial charge >= 0.3 is 5.97 Å². The molecule has 0 atom stereocenters. The number of azo groups is 1. The third kappa shape index (κ3) is 4.27. The molecule has 3 N–H and O–H groups in total. The van der Waals surface area contributed by atoms with Crippen molar-refractivity contribution < 1.29 is 29.3 Å². The molecule has 1 aromatic heterocycles. The van der Waals surface area contributed by atoms with Crippen LogP contribution in [0.2, 0.25) is 0 Å². The number of aromatic hydroxyl groups is 2. The monoisotopic (exact) mass is 410 g/mol. The molecule has 30 heavy (non-hydrogen) atoms. The first kappa shape index (κ1) is 20.5. The van der Waals surface area contributed by atoms with Crippen molar-refractivity contribution in [2.45, 2.75) is 6.54 Å². The van der Waals surface area contributed by atoms with Crippen molar-refractivity contribution in [3.8, 4) is 11.6 Å². The number of benzene rings is 2. The molecule has 0 bridgehead atoms. The van der Waals surface area contributed by atoms with Crippen LogP contribution in [0.5, 0.6) is 11.6 Å². The highest BCUT2D eigenvalue weighted by molar-refractivity contribution is 5.99. The SMILES string of the molecule is COC(=O)Cn1c(O)c(N=NC(=O)CNC(=O)c2ccccc2O)c2ccccc21. The zero-order valence-electron chi connectivity index (χ0n) is 15.9. The zero-order chi connectivity index (χ0) is 21.7. The van der Waals surface area contributed by atoms with Crippen LogP contribution in [0.1, 0.15) is 10.4 Å². The van der Waals surface area contributed by atoms with Gasteiger partial charge in [-0.1, -0.05) is 30.3 Å². The van der Waals surface area contributed by atoms with Crippen molar-refractivity contribution in [3.63, 3.8) is 0 Å². The number of hydrogen-bond acceptors (Lipinski definition) is 7. The highest BCUT2D eigenvalue weighted by Crippen LogP contribution is 2.38. The summed E-state index contributed by atoms with van der Waals surface area (Å²) in [7, 11) is 1.23. The van der Waals surface area contributed by atoms with E-state index in [1.165, 1.54) is 23.8 Å². The fourth-order valence-corrected chi connectivity index (χ4v) is 2.78. The molecule has 10 heteroatoms. The number of esters is 1.